The fourth-order valence-corrected chi connectivity index (χ4v) is 2.54. The van der Waals surface area contributed by atoms with Crippen LogP contribution in [0.2, 0.25) is 20.1 Å². The molecule has 2 aromatic carbocycles. The minimum atomic E-state index is -0.521. The average Bonchev–Trinajstić information content (AvgIpc) is 2.57. The van der Waals surface area contributed by atoms with Gasteiger partial charge in [-0.1, -0.05) is 52.5 Å². The number of hydrazone groups is 1. The van der Waals surface area contributed by atoms with Crippen LogP contribution in [0.25, 0.3) is 0 Å². The number of benzene rings is 2. The minimum absolute atomic E-state index is 0.250. The SMILES string of the molecule is O=C(CNC(=O)c1ccc(Cl)c(Cl)c1)N/N=C/c1c(Cl)cccc1Cl. The standard InChI is InChI=1S/C16H11Cl4N3O2/c17-11-2-1-3-12(18)10(11)7-22-23-15(24)8-21-16(25)9-4-5-13(19)14(20)6-9/h1-7H,8H2,(H,21,25)(H,23,24)/b22-7+. The van der Waals surface area contributed by atoms with Gasteiger partial charge in [0.05, 0.1) is 32.8 Å². The Balaban J connectivity index is 1.87. The molecule has 0 spiro atoms. The second-order valence-corrected chi connectivity index (χ2v) is 6.37. The first-order chi connectivity index (χ1) is 11.9. The lowest BCUT2D eigenvalue weighted by Gasteiger charge is -2.05. The summed E-state index contributed by atoms with van der Waals surface area (Å²) in [6.07, 6.45) is 1.32. The summed E-state index contributed by atoms with van der Waals surface area (Å²) >= 11 is 23.6. The zero-order chi connectivity index (χ0) is 18.4. The van der Waals surface area contributed by atoms with Crippen LogP contribution in [0.3, 0.4) is 0 Å². The zero-order valence-electron chi connectivity index (χ0n) is 12.5. The first-order valence-corrected chi connectivity index (χ1v) is 8.39. The molecule has 0 saturated carbocycles. The van der Waals surface area contributed by atoms with Gasteiger partial charge in [0.15, 0.2) is 0 Å². The Hall–Kier alpha value is -1.79. The van der Waals surface area contributed by atoms with Gasteiger partial charge in [-0.3, -0.25) is 9.59 Å². The van der Waals surface area contributed by atoms with Crippen LogP contribution in [0.5, 0.6) is 0 Å². The summed E-state index contributed by atoms with van der Waals surface area (Å²) in [6.45, 7) is -0.271. The zero-order valence-corrected chi connectivity index (χ0v) is 15.5. The van der Waals surface area contributed by atoms with Gasteiger partial charge in [0.1, 0.15) is 0 Å². The van der Waals surface area contributed by atoms with Crippen molar-refractivity contribution < 1.29 is 9.59 Å². The first kappa shape index (κ1) is 19.5. The van der Waals surface area contributed by atoms with E-state index in [9.17, 15) is 9.59 Å². The Bertz CT molecular complexity index is 820. The van der Waals surface area contributed by atoms with Crippen LogP contribution in [0, 0.1) is 0 Å². The lowest BCUT2D eigenvalue weighted by molar-refractivity contribution is -0.120. The van der Waals surface area contributed by atoms with E-state index >= 15 is 0 Å². The molecule has 0 bridgehead atoms. The van der Waals surface area contributed by atoms with Crippen molar-refractivity contribution in [2.45, 2.75) is 0 Å². The van der Waals surface area contributed by atoms with Crippen molar-refractivity contribution in [1.82, 2.24) is 10.7 Å². The second-order valence-electron chi connectivity index (χ2n) is 4.74. The molecular formula is C16H11Cl4N3O2. The van der Waals surface area contributed by atoms with E-state index in [0.29, 0.717) is 20.6 Å². The smallest absolute Gasteiger partial charge is 0.259 e. The molecule has 2 aromatic rings. The van der Waals surface area contributed by atoms with Crippen LogP contribution in [-0.2, 0) is 4.79 Å². The van der Waals surface area contributed by atoms with Gasteiger partial charge in [-0.2, -0.15) is 5.10 Å². The topological polar surface area (TPSA) is 70.6 Å². The summed E-state index contributed by atoms with van der Waals surface area (Å²) in [4.78, 5) is 23.6. The number of amides is 2. The van der Waals surface area contributed by atoms with Crippen molar-refractivity contribution in [3.63, 3.8) is 0 Å². The summed E-state index contributed by atoms with van der Waals surface area (Å²) in [7, 11) is 0. The van der Waals surface area contributed by atoms with Crippen molar-refractivity contribution in [3.8, 4) is 0 Å². The highest BCUT2D eigenvalue weighted by Crippen LogP contribution is 2.23. The Morgan fingerprint density at radius 3 is 2.28 bits per heavy atom. The molecule has 9 heteroatoms. The molecule has 0 unspecified atom stereocenters. The lowest BCUT2D eigenvalue weighted by Crippen LogP contribution is -2.34. The molecule has 2 rings (SSSR count). The van der Waals surface area contributed by atoms with Crippen LogP contribution in [-0.4, -0.2) is 24.6 Å². The van der Waals surface area contributed by atoms with Crippen molar-refractivity contribution in [2.24, 2.45) is 5.10 Å². The maximum Gasteiger partial charge on any atom is 0.259 e. The molecule has 0 aliphatic carbocycles. The number of carbonyl (C=O) groups is 2. The fraction of sp³-hybridized carbons (Fsp3) is 0.0625. The van der Waals surface area contributed by atoms with Gasteiger partial charge >= 0.3 is 0 Å². The van der Waals surface area contributed by atoms with E-state index < -0.39 is 11.8 Å². The van der Waals surface area contributed by atoms with E-state index in [1.807, 2.05) is 0 Å². The molecule has 2 amide bonds. The third-order valence-corrected chi connectivity index (χ3v) is 4.37. The van der Waals surface area contributed by atoms with E-state index in [4.69, 9.17) is 46.4 Å². The van der Waals surface area contributed by atoms with E-state index in [1.165, 1.54) is 24.4 Å². The van der Waals surface area contributed by atoms with Crippen LogP contribution >= 0.6 is 46.4 Å². The average molecular weight is 419 g/mol. The first-order valence-electron chi connectivity index (χ1n) is 6.87. The largest absolute Gasteiger partial charge is 0.343 e. The Kier molecular flexibility index (Phi) is 7.08. The van der Waals surface area contributed by atoms with E-state index in [2.05, 4.69) is 15.8 Å². The summed E-state index contributed by atoms with van der Waals surface area (Å²) < 4.78 is 0. The Labute approximate surface area is 163 Å². The molecule has 25 heavy (non-hydrogen) atoms. The maximum absolute atomic E-state index is 11.9. The van der Waals surface area contributed by atoms with Crippen molar-refractivity contribution >= 4 is 64.4 Å². The number of halogens is 4. The van der Waals surface area contributed by atoms with Gasteiger partial charge in [0.25, 0.3) is 11.8 Å². The highest BCUT2D eigenvalue weighted by atomic mass is 35.5. The molecule has 130 valence electrons. The van der Waals surface area contributed by atoms with Crippen LogP contribution in [0.15, 0.2) is 41.5 Å². The third-order valence-electron chi connectivity index (χ3n) is 2.97. The van der Waals surface area contributed by atoms with Gasteiger partial charge in [0, 0.05) is 11.1 Å². The molecular weight excluding hydrogens is 408 g/mol. The van der Waals surface area contributed by atoms with Crippen LogP contribution < -0.4 is 10.7 Å². The van der Waals surface area contributed by atoms with E-state index in [-0.39, 0.29) is 17.1 Å². The summed E-state index contributed by atoms with van der Waals surface area (Å²) in [5.74, 6) is -0.986. The number of nitrogens with one attached hydrogen (secondary N) is 2. The number of carbonyl (C=O) groups excluding carboxylic acids is 2. The normalized spacial score (nSPS) is 10.7. The number of rotatable bonds is 5. The summed E-state index contributed by atoms with van der Waals surface area (Å²) in [6, 6.07) is 9.39. The van der Waals surface area contributed by atoms with Gasteiger partial charge < -0.3 is 5.32 Å². The second kappa shape index (κ2) is 9.06. The fourth-order valence-electron chi connectivity index (χ4n) is 1.74. The Morgan fingerprint density at radius 2 is 1.64 bits per heavy atom. The molecule has 0 atom stereocenters. The minimum Gasteiger partial charge on any atom is -0.343 e. The van der Waals surface area contributed by atoms with Crippen molar-refractivity contribution in [1.29, 1.82) is 0 Å². The van der Waals surface area contributed by atoms with E-state index in [0.717, 1.165) is 0 Å². The number of hydrogen-bond acceptors (Lipinski definition) is 3. The van der Waals surface area contributed by atoms with E-state index in [1.54, 1.807) is 18.2 Å². The predicted octanol–water partition coefficient (Wildman–Crippen LogP) is 4.18. The molecule has 0 fully saturated rings. The molecule has 2 N–H and O–H groups in total. The molecule has 0 radical (unpaired) electrons. The molecule has 5 nitrogen and oxygen atoms in total. The third kappa shape index (κ3) is 5.61. The van der Waals surface area contributed by atoms with Crippen molar-refractivity contribution in [2.75, 3.05) is 6.54 Å². The summed E-state index contributed by atoms with van der Waals surface area (Å²) in [5.41, 5.74) is 3.03. The van der Waals surface area contributed by atoms with Crippen LogP contribution in [0.1, 0.15) is 15.9 Å². The Morgan fingerprint density at radius 1 is 0.960 bits per heavy atom. The highest BCUT2D eigenvalue weighted by molar-refractivity contribution is 6.42. The van der Waals surface area contributed by atoms with Gasteiger partial charge in [-0.15, -0.1) is 0 Å². The molecule has 0 aliphatic heterocycles. The highest BCUT2D eigenvalue weighted by Gasteiger charge is 2.09. The number of hydrogen-bond donors (Lipinski definition) is 2. The molecule has 0 heterocycles. The quantitative estimate of drug-likeness (QED) is 0.564. The maximum atomic E-state index is 11.9. The lowest BCUT2D eigenvalue weighted by atomic mass is 10.2. The van der Waals surface area contributed by atoms with Gasteiger partial charge in [0.2, 0.25) is 0 Å². The van der Waals surface area contributed by atoms with Crippen LogP contribution in [0.4, 0.5) is 0 Å². The number of nitrogens with zero attached hydrogens (tertiary/aromatic N) is 1. The molecule has 0 aliphatic rings. The summed E-state index contributed by atoms with van der Waals surface area (Å²) in [5, 5.41) is 7.58. The monoisotopic (exact) mass is 417 g/mol. The predicted molar refractivity (Wildman–Crippen MR) is 101 cm³/mol. The van der Waals surface area contributed by atoms with Gasteiger partial charge in [-0.05, 0) is 30.3 Å². The van der Waals surface area contributed by atoms with Gasteiger partial charge in [-0.25, -0.2) is 5.43 Å². The van der Waals surface area contributed by atoms with Crippen molar-refractivity contribution in [3.05, 3.63) is 67.6 Å². The molecule has 0 saturated heterocycles. The molecule has 0 aromatic heterocycles.